The molecule has 0 aromatic heterocycles. The first-order valence-electron chi connectivity index (χ1n) is 7.33. The molecule has 0 aliphatic carbocycles. The summed E-state index contributed by atoms with van der Waals surface area (Å²) in [5, 5.41) is 0. The highest BCUT2D eigenvalue weighted by Crippen LogP contribution is 2.21. The highest BCUT2D eigenvalue weighted by atomic mass is 16.5. The van der Waals surface area contributed by atoms with E-state index in [1.54, 1.807) is 0 Å². The van der Waals surface area contributed by atoms with Gasteiger partial charge >= 0.3 is 0 Å². The molecule has 3 nitrogen and oxygen atoms in total. The molecule has 1 aliphatic rings. The largest absolute Gasteiger partial charge is 0.492 e. The summed E-state index contributed by atoms with van der Waals surface area (Å²) >= 11 is 0. The number of rotatable bonds is 6. The zero-order chi connectivity index (χ0) is 13.7. The quantitative estimate of drug-likeness (QED) is 0.854. The third kappa shape index (κ3) is 4.22. The molecule has 0 spiro atoms. The smallest absolute Gasteiger partial charge is 0.119 e. The SMILES string of the molecule is C[C@H]1CN(CCOc2ccc(CCN)cc2)C[C@@H]1C. The van der Waals surface area contributed by atoms with Gasteiger partial charge in [0.25, 0.3) is 0 Å². The van der Waals surface area contributed by atoms with E-state index in [1.807, 2.05) is 12.1 Å². The summed E-state index contributed by atoms with van der Waals surface area (Å²) in [7, 11) is 0. The lowest BCUT2D eigenvalue weighted by Gasteiger charge is -2.15. The molecule has 0 unspecified atom stereocenters. The maximum Gasteiger partial charge on any atom is 0.119 e. The fourth-order valence-corrected chi connectivity index (χ4v) is 2.64. The molecule has 0 amide bonds. The van der Waals surface area contributed by atoms with Crippen molar-refractivity contribution in [3.63, 3.8) is 0 Å². The van der Waals surface area contributed by atoms with Crippen molar-refractivity contribution < 1.29 is 4.74 Å². The van der Waals surface area contributed by atoms with Gasteiger partial charge in [-0.25, -0.2) is 0 Å². The Morgan fingerprint density at radius 2 is 1.79 bits per heavy atom. The van der Waals surface area contributed by atoms with Crippen LogP contribution in [0.3, 0.4) is 0 Å². The van der Waals surface area contributed by atoms with Crippen molar-refractivity contribution in [3.05, 3.63) is 29.8 Å². The third-order valence-electron chi connectivity index (χ3n) is 4.10. The van der Waals surface area contributed by atoms with E-state index < -0.39 is 0 Å². The van der Waals surface area contributed by atoms with Gasteiger partial charge in [0.05, 0.1) is 0 Å². The van der Waals surface area contributed by atoms with Gasteiger partial charge in [-0.15, -0.1) is 0 Å². The lowest BCUT2D eigenvalue weighted by Crippen LogP contribution is -2.26. The Hall–Kier alpha value is -1.06. The van der Waals surface area contributed by atoms with Gasteiger partial charge in [0, 0.05) is 19.6 Å². The molecule has 1 aromatic rings. The van der Waals surface area contributed by atoms with Crippen LogP contribution in [0.15, 0.2) is 24.3 Å². The van der Waals surface area contributed by atoms with Crippen LogP contribution in [0.5, 0.6) is 5.75 Å². The summed E-state index contributed by atoms with van der Waals surface area (Å²) in [5.74, 6) is 2.59. The fraction of sp³-hybridized carbons (Fsp3) is 0.625. The monoisotopic (exact) mass is 262 g/mol. The lowest BCUT2D eigenvalue weighted by atomic mass is 10.0. The first-order chi connectivity index (χ1) is 9.19. The van der Waals surface area contributed by atoms with Gasteiger partial charge in [-0.3, -0.25) is 4.90 Å². The predicted octanol–water partition coefficient (Wildman–Crippen LogP) is 2.15. The van der Waals surface area contributed by atoms with Crippen LogP contribution >= 0.6 is 0 Å². The van der Waals surface area contributed by atoms with E-state index in [-0.39, 0.29) is 0 Å². The van der Waals surface area contributed by atoms with Crippen LogP contribution in [0.4, 0.5) is 0 Å². The van der Waals surface area contributed by atoms with Gasteiger partial charge in [0.15, 0.2) is 0 Å². The number of nitrogens with zero attached hydrogens (tertiary/aromatic N) is 1. The Balaban J connectivity index is 1.71. The van der Waals surface area contributed by atoms with Crippen LogP contribution in [0.1, 0.15) is 19.4 Å². The summed E-state index contributed by atoms with van der Waals surface area (Å²) in [6.45, 7) is 9.59. The number of hydrogen-bond acceptors (Lipinski definition) is 3. The minimum atomic E-state index is 0.700. The molecule has 19 heavy (non-hydrogen) atoms. The van der Waals surface area contributed by atoms with Crippen molar-refractivity contribution in [2.45, 2.75) is 20.3 Å². The average Bonchev–Trinajstić information content (AvgIpc) is 2.71. The Labute approximate surface area is 116 Å². The van der Waals surface area contributed by atoms with E-state index in [1.165, 1.54) is 18.7 Å². The van der Waals surface area contributed by atoms with E-state index in [0.717, 1.165) is 37.2 Å². The lowest BCUT2D eigenvalue weighted by molar-refractivity contribution is 0.232. The minimum absolute atomic E-state index is 0.700. The Bertz CT molecular complexity index is 367. The molecular weight excluding hydrogens is 236 g/mol. The molecule has 0 radical (unpaired) electrons. The van der Waals surface area contributed by atoms with Crippen molar-refractivity contribution >= 4 is 0 Å². The van der Waals surface area contributed by atoms with E-state index in [9.17, 15) is 0 Å². The Kier molecular flexibility index (Phi) is 5.23. The van der Waals surface area contributed by atoms with Crippen LogP contribution in [-0.2, 0) is 6.42 Å². The highest BCUT2D eigenvalue weighted by molar-refractivity contribution is 5.27. The molecule has 1 fully saturated rings. The standard InChI is InChI=1S/C16H26N2O/c1-13-11-18(12-14(13)2)9-10-19-16-5-3-15(4-6-16)7-8-17/h3-6,13-14H,7-12,17H2,1-2H3/t13-,14-/m0/s1. The van der Waals surface area contributed by atoms with Gasteiger partial charge in [0.2, 0.25) is 0 Å². The molecule has 106 valence electrons. The van der Waals surface area contributed by atoms with E-state index in [2.05, 4.69) is 30.9 Å². The molecule has 1 aromatic carbocycles. The molecule has 1 saturated heterocycles. The molecule has 0 saturated carbocycles. The van der Waals surface area contributed by atoms with Gasteiger partial charge in [-0.05, 0) is 42.5 Å². The first-order valence-corrected chi connectivity index (χ1v) is 7.33. The van der Waals surface area contributed by atoms with Crippen molar-refractivity contribution in [1.82, 2.24) is 4.90 Å². The maximum absolute atomic E-state index is 5.80. The second kappa shape index (κ2) is 6.92. The first kappa shape index (κ1) is 14.4. The number of nitrogens with two attached hydrogens (primary N) is 1. The Morgan fingerprint density at radius 1 is 1.16 bits per heavy atom. The molecule has 3 heteroatoms. The van der Waals surface area contributed by atoms with Crippen LogP contribution in [-0.4, -0.2) is 37.7 Å². The summed E-state index contributed by atoms with van der Waals surface area (Å²) in [4.78, 5) is 2.50. The van der Waals surface area contributed by atoms with Crippen molar-refractivity contribution in [3.8, 4) is 5.75 Å². The number of benzene rings is 1. The van der Waals surface area contributed by atoms with Crippen LogP contribution < -0.4 is 10.5 Å². The minimum Gasteiger partial charge on any atom is -0.492 e. The summed E-state index contributed by atoms with van der Waals surface area (Å²) in [6.07, 6.45) is 0.934. The number of likely N-dealkylation sites (tertiary alicyclic amines) is 1. The van der Waals surface area contributed by atoms with Gasteiger partial charge in [0.1, 0.15) is 12.4 Å². The number of hydrogen-bond donors (Lipinski definition) is 1. The molecule has 2 N–H and O–H groups in total. The summed E-state index contributed by atoms with van der Waals surface area (Å²) in [6, 6.07) is 8.28. The number of ether oxygens (including phenoxy) is 1. The van der Waals surface area contributed by atoms with Crippen LogP contribution in [0, 0.1) is 11.8 Å². The van der Waals surface area contributed by atoms with Gasteiger partial charge < -0.3 is 10.5 Å². The normalized spacial score (nSPS) is 23.7. The van der Waals surface area contributed by atoms with Gasteiger partial charge in [-0.1, -0.05) is 26.0 Å². The molecule has 0 bridgehead atoms. The summed E-state index contributed by atoms with van der Waals surface area (Å²) in [5.41, 5.74) is 6.81. The highest BCUT2D eigenvalue weighted by Gasteiger charge is 2.25. The van der Waals surface area contributed by atoms with E-state index in [4.69, 9.17) is 10.5 Å². The van der Waals surface area contributed by atoms with Crippen molar-refractivity contribution in [2.24, 2.45) is 17.6 Å². The average molecular weight is 262 g/mol. The molecule has 1 aliphatic heterocycles. The predicted molar refractivity (Wildman–Crippen MR) is 79.5 cm³/mol. The summed E-state index contributed by atoms with van der Waals surface area (Å²) < 4.78 is 5.80. The van der Waals surface area contributed by atoms with E-state index in [0.29, 0.717) is 6.54 Å². The van der Waals surface area contributed by atoms with Crippen molar-refractivity contribution in [1.29, 1.82) is 0 Å². The zero-order valence-electron chi connectivity index (χ0n) is 12.1. The molecule has 2 rings (SSSR count). The zero-order valence-corrected chi connectivity index (χ0v) is 12.1. The maximum atomic E-state index is 5.80. The van der Waals surface area contributed by atoms with Gasteiger partial charge in [-0.2, -0.15) is 0 Å². The van der Waals surface area contributed by atoms with Crippen LogP contribution in [0.2, 0.25) is 0 Å². The second-order valence-electron chi connectivity index (χ2n) is 5.75. The fourth-order valence-electron chi connectivity index (χ4n) is 2.64. The third-order valence-corrected chi connectivity index (χ3v) is 4.10. The van der Waals surface area contributed by atoms with Crippen molar-refractivity contribution in [2.75, 3.05) is 32.8 Å². The Morgan fingerprint density at radius 3 is 2.37 bits per heavy atom. The van der Waals surface area contributed by atoms with Crippen LogP contribution in [0.25, 0.3) is 0 Å². The molecule has 1 heterocycles. The second-order valence-corrected chi connectivity index (χ2v) is 5.75. The van der Waals surface area contributed by atoms with E-state index >= 15 is 0 Å². The molecule has 2 atom stereocenters. The topological polar surface area (TPSA) is 38.5 Å². The molecular formula is C16H26N2O.